The molecule has 1 aromatic heterocycles. The molecule has 1 atom stereocenters. The molecule has 0 radical (unpaired) electrons. The van der Waals surface area contributed by atoms with Gasteiger partial charge < -0.3 is 10.6 Å². The number of piperazine rings is 1. The Hall–Kier alpha value is -0.980. The van der Waals surface area contributed by atoms with Crippen molar-refractivity contribution in [1.82, 2.24) is 14.8 Å². The van der Waals surface area contributed by atoms with Crippen LogP contribution in [0.4, 0.5) is 0 Å². The lowest BCUT2D eigenvalue weighted by Crippen LogP contribution is -2.52. The van der Waals surface area contributed by atoms with E-state index >= 15 is 0 Å². The molecule has 0 saturated carbocycles. The maximum atomic E-state index is 12.2. The van der Waals surface area contributed by atoms with Crippen LogP contribution in [0, 0.1) is 6.92 Å². The monoisotopic (exact) mass is 310 g/mol. The summed E-state index contributed by atoms with van der Waals surface area (Å²) in [6.45, 7) is 8.40. The van der Waals surface area contributed by atoms with Gasteiger partial charge in [0.1, 0.15) is 0 Å². The van der Waals surface area contributed by atoms with Gasteiger partial charge in [0, 0.05) is 38.1 Å². The largest absolute Gasteiger partial charge is 0.339 e. The van der Waals surface area contributed by atoms with Crippen LogP contribution in [0.5, 0.6) is 0 Å². The number of unbranched alkanes of at least 4 members (excludes halogenated alkanes) is 1. The van der Waals surface area contributed by atoms with Gasteiger partial charge in [0.05, 0.1) is 16.7 Å². The number of aromatic nitrogens is 1. The Kier molecular flexibility index (Phi) is 6.14. The van der Waals surface area contributed by atoms with E-state index in [0.717, 1.165) is 62.7 Å². The van der Waals surface area contributed by atoms with Gasteiger partial charge in [-0.05, 0) is 13.3 Å². The zero-order valence-electron chi connectivity index (χ0n) is 13.0. The van der Waals surface area contributed by atoms with Crippen LogP contribution >= 0.6 is 11.3 Å². The van der Waals surface area contributed by atoms with Crippen molar-refractivity contribution < 1.29 is 4.79 Å². The van der Waals surface area contributed by atoms with Crippen LogP contribution in [0.15, 0.2) is 5.38 Å². The second kappa shape index (κ2) is 7.87. The van der Waals surface area contributed by atoms with Gasteiger partial charge >= 0.3 is 0 Å². The number of aryl methyl sites for hydroxylation is 1. The minimum absolute atomic E-state index is 0.118. The topological polar surface area (TPSA) is 62.5 Å². The average molecular weight is 310 g/mol. The van der Waals surface area contributed by atoms with Crippen molar-refractivity contribution in [2.24, 2.45) is 5.73 Å². The first-order chi connectivity index (χ1) is 10.1. The Morgan fingerprint density at radius 1 is 1.43 bits per heavy atom. The first-order valence-corrected chi connectivity index (χ1v) is 8.66. The molecule has 0 bridgehead atoms. The maximum Gasteiger partial charge on any atom is 0.239 e. The number of hydrogen-bond donors (Lipinski definition) is 1. The molecular formula is C15H26N4OS. The Labute approximate surface area is 131 Å². The normalized spacial score (nSPS) is 18.0. The van der Waals surface area contributed by atoms with Gasteiger partial charge in [-0.25, -0.2) is 4.98 Å². The average Bonchev–Trinajstić information content (AvgIpc) is 2.90. The van der Waals surface area contributed by atoms with Gasteiger partial charge in [0.25, 0.3) is 0 Å². The van der Waals surface area contributed by atoms with Gasteiger partial charge in [-0.1, -0.05) is 19.8 Å². The number of nitrogens with two attached hydrogens (primary N) is 1. The Morgan fingerprint density at radius 2 is 2.14 bits per heavy atom. The minimum atomic E-state index is -0.322. The van der Waals surface area contributed by atoms with Crippen LogP contribution in [-0.4, -0.2) is 52.9 Å². The molecule has 0 aliphatic carbocycles. The predicted octanol–water partition coefficient (Wildman–Crippen LogP) is 1.61. The Balaban J connectivity index is 1.76. The van der Waals surface area contributed by atoms with E-state index in [0.29, 0.717) is 0 Å². The van der Waals surface area contributed by atoms with Crippen LogP contribution in [0.25, 0.3) is 0 Å². The second-order valence-corrected chi connectivity index (χ2v) is 6.77. The highest BCUT2D eigenvalue weighted by Crippen LogP contribution is 2.13. The smallest absolute Gasteiger partial charge is 0.239 e. The molecule has 0 spiro atoms. The van der Waals surface area contributed by atoms with Gasteiger partial charge in [-0.3, -0.25) is 9.69 Å². The molecule has 1 aliphatic rings. The third-order valence-electron chi connectivity index (χ3n) is 3.92. The molecule has 0 aromatic carbocycles. The first kappa shape index (κ1) is 16.4. The number of rotatable bonds is 6. The first-order valence-electron chi connectivity index (χ1n) is 7.78. The van der Waals surface area contributed by atoms with Crippen LogP contribution in [0.2, 0.25) is 0 Å². The molecule has 1 fully saturated rings. The lowest BCUT2D eigenvalue weighted by molar-refractivity contribution is -0.134. The van der Waals surface area contributed by atoms with Crippen molar-refractivity contribution in [3.05, 3.63) is 16.1 Å². The van der Waals surface area contributed by atoms with E-state index in [-0.39, 0.29) is 11.9 Å². The van der Waals surface area contributed by atoms with Crippen LogP contribution in [-0.2, 0) is 11.3 Å². The molecule has 1 saturated heterocycles. The van der Waals surface area contributed by atoms with E-state index in [2.05, 4.69) is 22.2 Å². The van der Waals surface area contributed by atoms with E-state index in [1.165, 1.54) is 0 Å². The van der Waals surface area contributed by atoms with E-state index in [1.54, 1.807) is 11.3 Å². The van der Waals surface area contributed by atoms with Gasteiger partial charge in [0.2, 0.25) is 5.91 Å². The molecule has 2 N–H and O–H groups in total. The molecule has 6 heteroatoms. The van der Waals surface area contributed by atoms with Gasteiger partial charge in [-0.2, -0.15) is 0 Å². The Morgan fingerprint density at radius 3 is 2.71 bits per heavy atom. The molecule has 5 nitrogen and oxygen atoms in total. The van der Waals surface area contributed by atoms with Crippen LogP contribution in [0.1, 0.15) is 36.9 Å². The summed E-state index contributed by atoms with van der Waals surface area (Å²) in [6, 6.07) is -0.322. The molecular weight excluding hydrogens is 284 g/mol. The van der Waals surface area contributed by atoms with Crippen molar-refractivity contribution in [1.29, 1.82) is 0 Å². The van der Waals surface area contributed by atoms with Crippen molar-refractivity contribution in [2.75, 3.05) is 26.2 Å². The fourth-order valence-corrected chi connectivity index (χ4v) is 3.22. The molecule has 1 aromatic rings. The molecule has 1 aliphatic heterocycles. The maximum absolute atomic E-state index is 12.2. The molecule has 1 unspecified atom stereocenters. The third-order valence-corrected chi connectivity index (χ3v) is 4.74. The predicted molar refractivity (Wildman–Crippen MR) is 86.2 cm³/mol. The van der Waals surface area contributed by atoms with Crippen molar-refractivity contribution in [3.8, 4) is 0 Å². The number of amides is 1. The van der Waals surface area contributed by atoms with E-state index in [1.807, 2.05) is 11.8 Å². The highest BCUT2D eigenvalue weighted by atomic mass is 32.1. The van der Waals surface area contributed by atoms with Crippen LogP contribution < -0.4 is 5.73 Å². The zero-order chi connectivity index (χ0) is 15.2. The summed E-state index contributed by atoms with van der Waals surface area (Å²) in [5.74, 6) is 0.118. The summed E-state index contributed by atoms with van der Waals surface area (Å²) < 4.78 is 0. The Bertz CT molecular complexity index is 454. The zero-order valence-corrected chi connectivity index (χ0v) is 13.9. The molecule has 2 heterocycles. The second-order valence-electron chi connectivity index (χ2n) is 5.71. The summed E-state index contributed by atoms with van der Waals surface area (Å²) in [4.78, 5) is 21.0. The van der Waals surface area contributed by atoms with Crippen molar-refractivity contribution in [2.45, 2.75) is 45.7 Å². The summed E-state index contributed by atoms with van der Waals surface area (Å²) in [5.41, 5.74) is 7.12. The summed E-state index contributed by atoms with van der Waals surface area (Å²) >= 11 is 1.69. The highest BCUT2D eigenvalue weighted by Gasteiger charge is 2.25. The van der Waals surface area contributed by atoms with Crippen molar-refractivity contribution in [3.63, 3.8) is 0 Å². The standard InChI is InChI=1S/C15H26N4OS/c1-3-4-5-14(16)15(20)19-8-6-18(7-9-19)10-13-11-21-12(2)17-13/h11,14H,3-10,16H2,1-2H3. The van der Waals surface area contributed by atoms with Gasteiger partial charge in [0.15, 0.2) is 0 Å². The number of thiazole rings is 1. The minimum Gasteiger partial charge on any atom is -0.339 e. The quantitative estimate of drug-likeness (QED) is 0.867. The van der Waals surface area contributed by atoms with Gasteiger partial charge in [-0.15, -0.1) is 11.3 Å². The number of hydrogen-bond acceptors (Lipinski definition) is 5. The number of nitrogens with zero attached hydrogens (tertiary/aromatic N) is 3. The highest BCUT2D eigenvalue weighted by molar-refractivity contribution is 7.09. The van der Waals surface area contributed by atoms with E-state index < -0.39 is 0 Å². The SMILES string of the molecule is CCCCC(N)C(=O)N1CCN(Cc2csc(C)n2)CC1. The number of carbonyl (C=O) groups excluding carboxylic acids is 1. The summed E-state index contributed by atoms with van der Waals surface area (Å²) in [5, 5.41) is 3.23. The van der Waals surface area contributed by atoms with Crippen molar-refractivity contribution >= 4 is 17.2 Å². The third kappa shape index (κ3) is 4.76. The molecule has 118 valence electrons. The van der Waals surface area contributed by atoms with Crippen LogP contribution in [0.3, 0.4) is 0 Å². The molecule has 2 rings (SSSR count). The summed E-state index contributed by atoms with van der Waals surface area (Å²) in [7, 11) is 0. The molecule has 1 amide bonds. The lowest BCUT2D eigenvalue weighted by atomic mass is 10.1. The van der Waals surface area contributed by atoms with E-state index in [9.17, 15) is 4.79 Å². The van der Waals surface area contributed by atoms with E-state index in [4.69, 9.17) is 5.73 Å². The number of carbonyl (C=O) groups is 1. The molecule has 21 heavy (non-hydrogen) atoms. The fourth-order valence-electron chi connectivity index (χ4n) is 2.62. The lowest BCUT2D eigenvalue weighted by Gasteiger charge is -2.35. The summed E-state index contributed by atoms with van der Waals surface area (Å²) in [6.07, 6.45) is 2.91. The fraction of sp³-hybridized carbons (Fsp3) is 0.733.